The van der Waals surface area contributed by atoms with Crippen molar-refractivity contribution in [2.45, 2.75) is 12.5 Å². The van der Waals surface area contributed by atoms with Crippen molar-refractivity contribution in [3.8, 4) is 0 Å². The summed E-state index contributed by atoms with van der Waals surface area (Å²) in [5.74, 6) is 0.0321. The Bertz CT molecular complexity index is 495. The van der Waals surface area contributed by atoms with Crippen molar-refractivity contribution >= 4 is 11.9 Å². The van der Waals surface area contributed by atoms with Gasteiger partial charge in [-0.05, 0) is 18.1 Å². The van der Waals surface area contributed by atoms with Gasteiger partial charge >= 0.3 is 0 Å². The molecule has 0 saturated carbocycles. The van der Waals surface area contributed by atoms with Gasteiger partial charge in [0.2, 0.25) is 0 Å². The maximum atomic E-state index is 11.9. The first-order valence-corrected chi connectivity index (χ1v) is 5.98. The van der Waals surface area contributed by atoms with Crippen molar-refractivity contribution in [2.24, 2.45) is 0 Å². The van der Waals surface area contributed by atoms with Crippen molar-refractivity contribution in [3.63, 3.8) is 0 Å². The first kappa shape index (κ1) is 12.5. The van der Waals surface area contributed by atoms with E-state index in [2.05, 4.69) is 0 Å². The summed E-state index contributed by atoms with van der Waals surface area (Å²) in [6.07, 6.45) is 9.97. The molecule has 0 radical (unpaired) electrons. The number of methoxy groups -OCH3 is 1. The zero-order valence-corrected chi connectivity index (χ0v) is 10.4. The molecular formula is C16H16O2. The topological polar surface area (TPSA) is 26.3 Å². The fraction of sp³-hybridized carbons (Fsp3) is 0.188. The van der Waals surface area contributed by atoms with Crippen molar-refractivity contribution in [1.82, 2.24) is 0 Å². The highest BCUT2D eigenvalue weighted by molar-refractivity contribution is 6.08. The summed E-state index contributed by atoms with van der Waals surface area (Å²) in [7, 11) is 1.67. The van der Waals surface area contributed by atoms with Gasteiger partial charge in [0.15, 0.2) is 5.78 Å². The van der Waals surface area contributed by atoms with Gasteiger partial charge in [0.05, 0.1) is 6.10 Å². The number of carbonyl (C=O) groups excluding carboxylic acids is 1. The molecular weight excluding hydrogens is 224 g/mol. The molecule has 2 rings (SSSR count). The van der Waals surface area contributed by atoms with Gasteiger partial charge in [-0.1, -0.05) is 54.6 Å². The van der Waals surface area contributed by atoms with Crippen LogP contribution in [0.15, 0.2) is 60.2 Å². The molecule has 0 spiro atoms. The van der Waals surface area contributed by atoms with Crippen molar-refractivity contribution in [1.29, 1.82) is 0 Å². The zero-order chi connectivity index (χ0) is 12.8. The SMILES string of the molecule is COC1C=CC(C(=O)C=Cc2ccccc2)=CC1. The van der Waals surface area contributed by atoms with Crippen molar-refractivity contribution in [3.05, 3.63) is 65.8 Å². The molecule has 0 bridgehead atoms. The molecule has 0 aliphatic heterocycles. The smallest absolute Gasteiger partial charge is 0.185 e. The Balaban J connectivity index is 2.00. The molecule has 1 aliphatic rings. The van der Waals surface area contributed by atoms with E-state index < -0.39 is 0 Å². The molecule has 1 aliphatic carbocycles. The van der Waals surface area contributed by atoms with Gasteiger partial charge in [0, 0.05) is 12.7 Å². The summed E-state index contributed by atoms with van der Waals surface area (Å²) in [5, 5.41) is 0. The van der Waals surface area contributed by atoms with Crippen LogP contribution in [0, 0.1) is 0 Å². The van der Waals surface area contributed by atoms with Crippen LogP contribution >= 0.6 is 0 Å². The van der Waals surface area contributed by atoms with Crippen LogP contribution in [0.5, 0.6) is 0 Å². The van der Waals surface area contributed by atoms with E-state index in [1.165, 1.54) is 0 Å². The van der Waals surface area contributed by atoms with Crippen LogP contribution in [-0.2, 0) is 9.53 Å². The van der Waals surface area contributed by atoms with Crippen LogP contribution in [0.1, 0.15) is 12.0 Å². The minimum atomic E-state index is 0.0321. The summed E-state index contributed by atoms with van der Waals surface area (Å²) in [4.78, 5) is 11.9. The first-order chi connectivity index (χ1) is 8.79. The van der Waals surface area contributed by atoms with E-state index >= 15 is 0 Å². The second kappa shape index (κ2) is 6.12. The van der Waals surface area contributed by atoms with Gasteiger partial charge < -0.3 is 4.74 Å². The summed E-state index contributed by atoms with van der Waals surface area (Å²) in [6, 6.07) is 9.79. The minimum absolute atomic E-state index is 0.0321. The van der Waals surface area contributed by atoms with Crippen LogP contribution in [0.25, 0.3) is 6.08 Å². The second-order valence-electron chi connectivity index (χ2n) is 4.14. The average Bonchev–Trinajstić information content (AvgIpc) is 2.46. The number of hydrogen-bond donors (Lipinski definition) is 0. The normalized spacial score (nSPS) is 18.9. The van der Waals surface area contributed by atoms with Gasteiger partial charge in [-0.3, -0.25) is 4.79 Å². The summed E-state index contributed by atoms with van der Waals surface area (Å²) >= 11 is 0. The third kappa shape index (κ3) is 3.28. The van der Waals surface area contributed by atoms with Crippen LogP contribution in [-0.4, -0.2) is 19.0 Å². The van der Waals surface area contributed by atoms with Gasteiger partial charge in [-0.2, -0.15) is 0 Å². The van der Waals surface area contributed by atoms with Crippen molar-refractivity contribution < 1.29 is 9.53 Å². The maximum absolute atomic E-state index is 11.9. The Hall–Kier alpha value is -1.93. The molecule has 92 valence electrons. The number of rotatable bonds is 4. The molecule has 1 atom stereocenters. The van der Waals surface area contributed by atoms with Gasteiger partial charge in [-0.15, -0.1) is 0 Å². The molecule has 1 aromatic carbocycles. The molecule has 0 aromatic heterocycles. The summed E-state index contributed by atoms with van der Waals surface area (Å²) in [5.41, 5.74) is 1.76. The van der Waals surface area contributed by atoms with Gasteiger partial charge in [0.25, 0.3) is 0 Å². The predicted octanol–water partition coefficient (Wildman–Crippen LogP) is 3.17. The Labute approximate surface area is 107 Å². The van der Waals surface area contributed by atoms with E-state index in [1.54, 1.807) is 13.2 Å². The highest BCUT2D eigenvalue weighted by Crippen LogP contribution is 2.14. The fourth-order valence-corrected chi connectivity index (χ4v) is 1.79. The van der Waals surface area contributed by atoms with Gasteiger partial charge in [-0.25, -0.2) is 0 Å². The van der Waals surface area contributed by atoms with E-state index in [0.717, 1.165) is 17.6 Å². The largest absolute Gasteiger partial charge is 0.377 e. The average molecular weight is 240 g/mol. The Morgan fingerprint density at radius 2 is 2.11 bits per heavy atom. The summed E-state index contributed by atoms with van der Waals surface area (Å²) < 4.78 is 5.19. The predicted molar refractivity (Wildman–Crippen MR) is 73.1 cm³/mol. The van der Waals surface area contributed by atoms with E-state index in [-0.39, 0.29) is 11.9 Å². The zero-order valence-electron chi connectivity index (χ0n) is 10.4. The van der Waals surface area contributed by atoms with Crippen LogP contribution < -0.4 is 0 Å². The minimum Gasteiger partial charge on any atom is -0.377 e. The quantitative estimate of drug-likeness (QED) is 0.756. The van der Waals surface area contributed by atoms with Gasteiger partial charge in [0.1, 0.15) is 0 Å². The van der Waals surface area contributed by atoms with Crippen molar-refractivity contribution in [2.75, 3.05) is 7.11 Å². The molecule has 0 heterocycles. The molecule has 0 fully saturated rings. The third-order valence-electron chi connectivity index (χ3n) is 2.87. The Morgan fingerprint density at radius 3 is 2.72 bits per heavy atom. The lowest BCUT2D eigenvalue weighted by atomic mass is 10.0. The second-order valence-corrected chi connectivity index (χ2v) is 4.14. The summed E-state index contributed by atoms with van der Waals surface area (Å²) in [6.45, 7) is 0. The highest BCUT2D eigenvalue weighted by atomic mass is 16.5. The third-order valence-corrected chi connectivity index (χ3v) is 2.87. The monoisotopic (exact) mass is 240 g/mol. The number of ketones is 1. The molecule has 1 unspecified atom stereocenters. The lowest BCUT2D eigenvalue weighted by Crippen LogP contribution is -2.10. The fourth-order valence-electron chi connectivity index (χ4n) is 1.79. The van der Waals surface area contributed by atoms with E-state index in [0.29, 0.717) is 0 Å². The van der Waals surface area contributed by atoms with E-state index in [9.17, 15) is 4.79 Å². The number of carbonyl (C=O) groups is 1. The number of hydrogen-bond acceptors (Lipinski definition) is 2. The van der Waals surface area contributed by atoms with E-state index in [4.69, 9.17) is 4.74 Å². The molecule has 0 saturated heterocycles. The molecule has 18 heavy (non-hydrogen) atoms. The highest BCUT2D eigenvalue weighted by Gasteiger charge is 2.10. The van der Waals surface area contributed by atoms with E-state index in [1.807, 2.05) is 54.6 Å². The Kier molecular flexibility index (Phi) is 4.26. The molecule has 1 aromatic rings. The standard InChI is InChI=1S/C16H16O2/c1-18-15-10-8-14(9-11-15)16(17)12-7-13-5-3-2-4-6-13/h2-10,12,15H,11H2,1H3. The van der Waals surface area contributed by atoms with Crippen LogP contribution in [0.2, 0.25) is 0 Å². The maximum Gasteiger partial charge on any atom is 0.185 e. The number of allylic oxidation sites excluding steroid dienone is 3. The number of ether oxygens (including phenoxy) is 1. The molecule has 0 N–H and O–H groups in total. The molecule has 2 heteroatoms. The van der Waals surface area contributed by atoms with Crippen LogP contribution in [0.3, 0.4) is 0 Å². The molecule has 2 nitrogen and oxygen atoms in total. The first-order valence-electron chi connectivity index (χ1n) is 5.98. The number of benzene rings is 1. The Morgan fingerprint density at radius 1 is 1.33 bits per heavy atom. The molecule has 0 amide bonds. The van der Waals surface area contributed by atoms with Crippen LogP contribution in [0.4, 0.5) is 0 Å². The lowest BCUT2D eigenvalue weighted by molar-refractivity contribution is -0.111. The lowest BCUT2D eigenvalue weighted by Gasteiger charge is -2.12.